The summed E-state index contributed by atoms with van der Waals surface area (Å²) in [6, 6.07) is 3.47. The lowest BCUT2D eigenvalue weighted by Crippen LogP contribution is -2.38. The molecule has 1 aliphatic carbocycles. The molecule has 0 heterocycles. The van der Waals surface area contributed by atoms with Gasteiger partial charge < -0.3 is 20.5 Å². The molecule has 1 aliphatic rings. The maximum Gasteiger partial charge on any atom is 0.251 e. The van der Waals surface area contributed by atoms with Crippen LogP contribution in [0.15, 0.2) is 16.6 Å². The summed E-state index contributed by atoms with van der Waals surface area (Å²) in [6.07, 6.45) is 3.23. The summed E-state index contributed by atoms with van der Waals surface area (Å²) in [5.74, 6) is 1.57. The van der Waals surface area contributed by atoms with E-state index in [0.29, 0.717) is 40.6 Å². The number of halogens is 1. The number of hydrogen-bond acceptors (Lipinski definition) is 4. The van der Waals surface area contributed by atoms with Crippen molar-refractivity contribution in [1.82, 2.24) is 5.32 Å². The van der Waals surface area contributed by atoms with Crippen molar-refractivity contribution < 1.29 is 14.3 Å². The second kappa shape index (κ2) is 7.83. The van der Waals surface area contributed by atoms with Crippen LogP contribution in [0.1, 0.15) is 36.5 Å². The Bertz CT molecular complexity index is 532. The van der Waals surface area contributed by atoms with Crippen LogP contribution in [0.5, 0.6) is 11.5 Å². The minimum absolute atomic E-state index is 0.0430. The van der Waals surface area contributed by atoms with E-state index in [1.54, 1.807) is 19.2 Å². The standard InChI is InChI=1S/C16H23BrN2O3/c1-3-6-22-15-12(17)7-11(8-14(15)21-2)16(20)19-9-13(18)10-4-5-10/h7-8,10,13H,3-6,9,18H2,1-2H3,(H,19,20). The molecule has 1 unspecified atom stereocenters. The van der Waals surface area contributed by atoms with Crippen LogP contribution in [0.4, 0.5) is 0 Å². The lowest BCUT2D eigenvalue weighted by molar-refractivity contribution is 0.0950. The van der Waals surface area contributed by atoms with Crippen LogP contribution < -0.4 is 20.5 Å². The zero-order valence-corrected chi connectivity index (χ0v) is 14.6. The Morgan fingerprint density at radius 1 is 1.50 bits per heavy atom. The summed E-state index contributed by atoms with van der Waals surface area (Å²) in [5.41, 5.74) is 6.53. The van der Waals surface area contributed by atoms with Crippen molar-refractivity contribution in [3.05, 3.63) is 22.2 Å². The van der Waals surface area contributed by atoms with Gasteiger partial charge in [0.2, 0.25) is 0 Å². The van der Waals surface area contributed by atoms with E-state index in [1.807, 2.05) is 6.92 Å². The van der Waals surface area contributed by atoms with Gasteiger partial charge in [-0.2, -0.15) is 0 Å². The molecule has 1 fully saturated rings. The first kappa shape index (κ1) is 17.1. The van der Waals surface area contributed by atoms with Crippen LogP contribution in [0.25, 0.3) is 0 Å². The molecule has 0 saturated heterocycles. The van der Waals surface area contributed by atoms with Crippen molar-refractivity contribution in [2.24, 2.45) is 11.7 Å². The van der Waals surface area contributed by atoms with E-state index in [4.69, 9.17) is 15.2 Å². The van der Waals surface area contributed by atoms with Crippen molar-refractivity contribution in [3.63, 3.8) is 0 Å². The van der Waals surface area contributed by atoms with Gasteiger partial charge in [-0.1, -0.05) is 6.92 Å². The average molecular weight is 371 g/mol. The highest BCUT2D eigenvalue weighted by atomic mass is 79.9. The smallest absolute Gasteiger partial charge is 0.251 e. The molecule has 6 heteroatoms. The number of benzene rings is 1. The maximum atomic E-state index is 12.3. The number of rotatable bonds is 8. The van der Waals surface area contributed by atoms with Gasteiger partial charge in [-0.05, 0) is 53.2 Å². The summed E-state index contributed by atoms with van der Waals surface area (Å²) < 4.78 is 11.7. The third-order valence-corrected chi connectivity index (χ3v) is 4.26. The predicted octanol–water partition coefficient (Wildman–Crippen LogP) is 2.71. The number of amides is 1. The molecule has 0 aliphatic heterocycles. The molecule has 5 nitrogen and oxygen atoms in total. The number of hydrogen-bond donors (Lipinski definition) is 2. The van der Waals surface area contributed by atoms with E-state index in [0.717, 1.165) is 6.42 Å². The maximum absolute atomic E-state index is 12.3. The molecule has 0 spiro atoms. The van der Waals surface area contributed by atoms with Crippen molar-refractivity contribution >= 4 is 21.8 Å². The molecule has 2 rings (SSSR count). The van der Waals surface area contributed by atoms with Gasteiger partial charge in [-0.25, -0.2) is 0 Å². The van der Waals surface area contributed by atoms with Gasteiger partial charge in [0.1, 0.15) is 0 Å². The van der Waals surface area contributed by atoms with Gasteiger partial charge in [0.05, 0.1) is 18.2 Å². The fourth-order valence-electron chi connectivity index (χ4n) is 2.20. The first-order valence-corrected chi connectivity index (χ1v) is 8.40. The van der Waals surface area contributed by atoms with E-state index in [-0.39, 0.29) is 11.9 Å². The fraction of sp³-hybridized carbons (Fsp3) is 0.562. The number of carbonyl (C=O) groups is 1. The Morgan fingerprint density at radius 3 is 2.82 bits per heavy atom. The summed E-state index contributed by atoms with van der Waals surface area (Å²) >= 11 is 3.44. The molecule has 1 aromatic rings. The molecule has 0 bridgehead atoms. The second-order valence-electron chi connectivity index (χ2n) is 5.55. The SMILES string of the molecule is CCCOc1c(Br)cc(C(=O)NCC(N)C2CC2)cc1OC. The van der Waals surface area contributed by atoms with Crippen LogP contribution in [-0.2, 0) is 0 Å². The summed E-state index contributed by atoms with van der Waals surface area (Å²) in [7, 11) is 1.56. The normalized spacial score (nSPS) is 15.3. The molecule has 22 heavy (non-hydrogen) atoms. The van der Waals surface area contributed by atoms with E-state index in [1.165, 1.54) is 12.8 Å². The van der Waals surface area contributed by atoms with Crippen LogP contribution in [0, 0.1) is 5.92 Å². The van der Waals surface area contributed by atoms with Gasteiger partial charge >= 0.3 is 0 Å². The number of nitrogens with one attached hydrogen (secondary N) is 1. The first-order chi connectivity index (χ1) is 10.6. The Kier molecular flexibility index (Phi) is 6.08. The Hall–Kier alpha value is -1.27. The predicted molar refractivity (Wildman–Crippen MR) is 89.5 cm³/mol. The second-order valence-corrected chi connectivity index (χ2v) is 6.40. The van der Waals surface area contributed by atoms with Crippen LogP contribution in [-0.4, -0.2) is 32.2 Å². The van der Waals surface area contributed by atoms with Gasteiger partial charge in [-0.15, -0.1) is 0 Å². The zero-order valence-electron chi connectivity index (χ0n) is 13.0. The molecule has 1 amide bonds. The third-order valence-electron chi connectivity index (χ3n) is 3.67. The highest BCUT2D eigenvalue weighted by Gasteiger charge is 2.28. The molecule has 0 radical (unpaired) electrons. The van der Waals surface area contributed by atoms with E-state index in [2.05, 4.69) is 21.2 Å². The molecule has 122 valence electrons. The van der Waals surface area contributed by atoms with Crippen LogP contribution in [0.2, 0.25) is 0 Å². The Morgan fingerprint density at radius 2 is 2.23 bits per heavy atom. The Balaban J connectivity index is 2.06. The lowest BCUT2D eigenvalue weighted by Gasteiger charge is -2.15. The monoisotopic (exact) mass is 370 g/mol. The topological polar surface area (TPSA) is 73.6 Å². The highest BCUT2D eigenvalue weighted by Crippen LogP contribution is 2.37. The molecular weight excluding hydrogens is 348 g/mol. The Labute approximate surface area is 139 Å². The number of ether oxygens (including phenoxy) is 2. The van der Waals surface area contributed by atoms with E-state index >= 15 is 0 Å². The van der Waals surface area contributed by atoms with Crippen LogP contribution >= 0.6 is 15.9 Å². The summed E-state index contributed by atoms with van der Waals surface area (Å²) in [6.45, 7) is 3.12. The van der Waals surface area contributed by atoms with Crippen molar-refractivity contribution in [1.29, 1.82) is 0 Å². The van der Waals surface area contributed by atoms with Gasteiger partial charge in [0.25, 0.3) is 5.91 Å². The molecule has 3 N–H and O–H groups in total. The first-order valence-electron chi connectivity index (χ1n) is 7.61. The molecule has 1 aromatic carbocycles. The zero-order chi connectivity index (χ0) is 16.1. The number of nitrogens with two attached hydrogens (primary N) is 1. The van der Waals surface area contributed by atoms with Gasteiger partial charge in [0, 0.05) is 18.2 Å². The van der Waals surface area contributed by atoms with Crippen LogP contribution in [0.3, 0.4) is 0 Å². The van der Waals surface area contributed by atoms with Gasteiger partial charge in [-0.3, -0.25) is 4.79 Å². The van der Waals surface area contributed by atoms with E-state index in [9.17, 15) is 4.79 Å². The minimum Gasteiger partial charge on any atom is -0.493 e. The quantitative estimate of drug-likeness (QED) is 0.737. The number of methoxy groups -OCH3 is 1. The summed E-state index contributed by atoms with van der Waals surface area (Å²) in [4.78, 5) is 12.3. The number of carbonyl (C=O) groups excluding carboxylic acids is 1. The van der Waals surface area contributed by atoms with Crippen molar-refractivity contribution in [2.45, 2.75) is 32.2 Å². The van der Waals surface area contributed by atoms with Crippen molar-refractivity contribution in [2.75, 3.05) is 20.3 Å². The fourth-order valence-corrected chi connectivity index (χ4v) is 2.76. The minimum atomic E-state index is -0.155. The average Bonchev–Trinajstić information content (AvgIpc) is 3.35. The molecule has 1 atom stereocenters. The van der Waals surface area contributed by atoms with Gasteiger partial charge in [0.15, 0.2) is 11.5 Å². The molecular formula is C16H23BrN2O3. The third kappa shape index (κ3) is 4.36. The van der Waals surface area contributed by atoms with E-state index < -0.39 is 0 Å². The molecule has 1 saturated carbocycles. The highest BCUT2D eigenvalue weighted by molar-refractivity contribution is 9.10. The largest absolute Gasteiger partial charge is 0.493 e. The molecule has 0 aromatic heterocycles. The summed E-state index contributed by atoms with van der Waals surface area (Å²) in [5, 5.41) is 2.88. The van der Waals surface area contributed by atoms with Crippen molar-refractivity contribution in [3.8, 4) is 11.5 Å². The lowest BCUT2D eigenvalue weighted by atomic mass is 10.1.